The number of carbonyl (C=O) groups excluding carboxylic acids is 1. The molecule has 2 aromatic rings. The van der Waals surface area contributed by atoms with Crippen LogP contribution < -0.4 is 5.32 Å². The minimum absolute atomic E-state index is 0.0224. The van der Waals surface area contributed by atoms with E-state index in [1.807, 2.05) is 6.20 Å². The van der Waals surface area contributed by atoms with Crippen LogP contribution in [0.4, 0.5) is 5.82 Å². The molecular formula is C15H19N5O. The van der Waals surface area contributed by atoms with E-state index in [9.17, 15) is 4.79 Å². The monoisotopic (exact) mass is 285 g/mol. The second-order valence-corrected chi connectivity index (χ2v) is 6.35. The van der Waals surface area contributed by atoms with Crippen molar-refractivity contribution < 1.29 is 4.79 Å². The van der Waals surface area contributed by atoms with Gasteiger partial charge >= 0.3 is 0 Å². The molecule has 6 heteroatoms. The molecule has 0 fully saturated rings. The summed E-state index contributed by atoms with van der Waals surface area (Å²) in [6.45, 7) is 10.1. The van der Waals surface area contributed by atoms with E-state index in [1.165, 1.54) is 0 Å². The first-order chi connectivity index (χ1) is 9.90. The molecule has 0 bridgehead atoms. The fourth-order valence-electron chi connectivity index (χ4n) is 2.74. The van der Waals surface area contributed by atoms with E-state index >= 15 is 0 Å². The van der Waals surface area contributed by atoms with Crippen molar-refractivity contribution in [3.8, 4) is 0 Å². The lowest BCUT2D eigenvalue weighted by atomic mass is 9.80. The molecule has 0 saturated carbocycles. The summed E-state index contributed by atoms with van der Waals surface area (Å²) in [5, 5.41) is 14.4. The molecule has 2 aromatic heterocycles. The van der Waals surface area contributed by atoms with Crippen molar-refractivity contribution >= 4 is 17.9 Å². The van der Waals surface area contributed by atoms with Crippen LogP contribution >= 0.6 is 0 Å². The highest BCUT2D eigenvalue weighted by Gasteiger charge is 2.35. The number of fused-ring (bicyclic) bond motifs is 1. The van der Waals surface area contributed by atoms with Gasteiger partial charge in [0.15, 0.2) is 5.82 Å². The van der Waals surface area contributed by atoms with E-state index in [-0.39, 0.29) is 17.2 Å². The number of carbonyl (C=O) groups is 1. The molecule has 3 rings (SSSR count). The Hall–Kier alpha value is -2.37. The molecular weight excluding hydrogens is 266 g/mol. The Morgan fingerprint density at radius 2 is 2.24 bits per heavy atom. The fourth-order valence-corrected chi connectivity index (χ4v) is 2.74. The van der Waals surface area contributed by atoms with Gasteiger partial charge in [-0.1, -0.05) is 27.4 Å². The lowest BCUT2D eigenvalue weighted by molar-refractivity contribution is -0.116. The van der Waals surface area contributed by atoms with Gasteiger partial charge in [0.2, 0.25) is 5.91 Å². The predicted molar refractivity (Wildman–Crippen MR) is 81.0 cm³/mol. The van der Waals surface area contributed by atoms with Crippen LogP contribution in [-0.4, -0.2) is 25.9 Å². The first-order valence-electron chi connectivity index (χ1n) is 6.95. The normalized spacial score (nSPS) is 18.2. The van der Waals surface area contributed by atoms with Crippen molar-refractivity contribution in [1.82, 2.24) is 20.0 Å². The van der Waals surface area contributed by atoms with Crippen LogP contribution in [-0.2, 0) is 10.2 Å². The van der Waals surface area contributed by atoms with Gasteiger partial charge in [0, 0.05) is 41.4 Å². The van der Waals surface area contributed by atoms with Gasteiger partial charge < -0.3 is 5.32 Å². The van der Waals surface area contributed by atoms with Crippen LogP contribution in [0.2, 0.25) is 0 Å². The van der Waals surface area contributed by atoms with E-state index in [2.05, 4.69) is 48.0 Å². The minimum atomic E-state index is -0.0741. The zero-order valence-electron chi connectivity index (χ0n) is 12.5. The Bertz CT molecular complexity index is 704. The van der Waals surface area contributed by atoms with Crippen LogP contribution in [0.15, 0.2) is 19.0 Å². The van der Waals surface area contributed by atoms with E-state index in [4.69, 9.17) is 0 Å². The average Bonchev–Trinajstić information content (AvgIpc) is 3.02. The maximum atomic E-state index is 11.9. The van der Waals surface area contributed by atoms with Crippen LogP contribution in [0.3, 0.4) is 0 Å². The second kappa shape index (κ2) is 4.58. The van der Waals surface area contributed by atoms with Crippen molar-refractivity contribution in [1.29, 1.82) is 0 Å². The van der Waals surface area contributed by atoms with Crippen LogP contribution in [0.1, 0.15) is 49.9 Å². The summed E-state index contributed by atoms with van der Waals surface area (Å²) < 4.78 is 1.65. The standard InChI is InChI=1S/C15H19N5O/c1-5-20-8-9(7-16-20)10-6-11(21)17-14-12(10)13(18-19-14)15(2,3)4/h5,7-8,10H,1,6H2,2-4H3,(H2,17,18,19,21)/t10-/m0/s1. The zero-order valence-corrected chi connectivity index (χ0v) is 12.5. The quantitative estimate of drug-likeness (QED) is 0.890. The first-order valence-corrected chi connectivity index (χ1v) is 6.95. The number of anilines is 1. The van der Waals surface area contributed by atoms with E-state index in [1.54, 1.807) is 17.1 Å². The Balaban J connectivity index is 2.13. The fraction of sp³-hybridized carbons (Fsp3) is 0.400. The lowest BCUT2D eigenvalue weighted by Crippen LogP contribution is -2.25. The molecule has 0 aliphatic carbocycles. The summed E-state index contributed by atoms with van der Waals surface area (Å²) in [6, 6.07) is 0. The first kappa shape index (κ1) is 13.6. The third kappa shape index (κ3) is 2.26. The third-order valence-corrected chi connectivity index (χ3v) is 3.76. The summed E-state index contributed by atoms with van der Waals surface area (Å²) in [5.74, 6) is 0.578. The Labute approximate surface area is 123 Å². The van der Waals surface area contributed by atoms with Gasteiger partial charge in [-0.2, -0.15) is 10.2 Å². The number of amides is 1. The van der Waals surface area contributed by atoms with E-state index in [0.29, 0.717) is 12.2 Å². The van der Waals surface area contributed by atoms with Crippen molar-refractivity contribution in [3.63, 3.8) is 0 Å². The topological polar surface area (TPSA) is 75.6 Å². The Morgan fingerprint density at radius 1 is 1.48 bits per heavy atom. The number of aromatic amines is 1. The molecule has 2 N–H and O–H groups in total. The highest BCUT2D eigenvalue weighted by Crippen LogP contribution is 2.41. The van der Waals surface area contributed by atoms with E-state index in [0.717, 1.165) is 16.8 Å². The Kier molecular flexibility index (Phi) is 2.97. The van der Waals surface area contributed by atoms with Gasteiger partial charge in [-0.15, -0.1) is 0 Å². The average molecular weight is 285 g/mol. The second-order valence-electron chi connectivity index (χ2n) is 6.35. The summed E-state index contributed by atoms with van der Waals surface area (Å²) in [7, 11) is 0. The molecule has 3 heterocycles. The smallest absolute Gasteiger partial charge is 0.226 e. The molecule has 1 amide bonds. The number of hydrogen-bond acceptors (Lipinski definition) is 3. The van der Waals surface area contributed by atoms with Crippen molar-refractivity contribution in [3.05, 3.63) is 35.8 Å². The summed E-state index contributed by atoms with van der Waals surface area (Å²) >= 11 is 0. The summed E-state index contributed by atoms with van der Waals surface area (Å²) in [4.78, 5) is 11.9. The van der Waals surface area contributed by atoms with E-state index < -0.39 is 0 Å². The number of rotatable bonds is 2. The minimum Gasteiger partial charge on any atom is -0.309 e. The molecule has 0 aromatic carbocycles. The molecule has 0 radical (unpaired) electrons. The number of aromatic nitrogens is 4. The highest BCUT2D eigenvalue weighted by molar-refractivity contribution is 5.94. The van der Waals surface area contributed by atoms with Gasteiger partial charge in [0.1, 0.15) is 0 Å². The van der Waals surface area contributed by atoms with Crippen LogP contribution in [0.25, 0.3) is 6.20 Å². The molecule has 110 valence electrons. The summed E-state index contributed by atoms with van der Waals surface area (Å²) in [6.07, 6.45) is 5.72. The largest absolute Gasteiger partial charge is 0.309 e. The van der Waals surface area contributed by atoms with Crippen LogP contribution in [0.5, 0.6) is 0 Å². The molecule has 6 nitrogen and oxygen atoms in total. The van der Waals surface area contributed by atoms with Gasteiger partial charge in [-0.3, -0.25) is 9.89 Å². The third-order valence-electron chi connectivity index (χ3n) is 3.76. The molecule has 1 aliphatic heterocycles. The highest BCUT2D eigenvalue weighted by atomic mass is 16.1. The molecule has 0 saturated heterocycles. The lowest BCUT2D eigenvalue weighted by Gasteiger charge is -2.26. The van der Waals surface area contributed by atoms with Gasteiger partial charge in [0.25, 0.3) is 0 Å². The van der Waals surface area contributed by atoms with Crippen molar-refractivity contribution in [2.45, 2.75) is 38.5 Å². The number of nitrogens with one attached hydrogen (secondary N) is 2. The zero-order chi connectivity index (χ0) is 15.2. The number of hydrogen-bond donors (Lipinski definition) is 2. The molecule has 1 aliphatic rings. The van der Waals surface area contributed by atoms with Crippen molar-refractivity contribution in [2.24, 2.45) is 0 Å². The number of H-pyrrole nitrogens is 1. The van der Waals surface area contributed by atoms with Gasteiger partial charge in [-0.05, 0) is 5.56 Å². The van der Waals surface area contributed by atoms with Crippen LogP contribution in [0, 0.1) is 0 Å². The maximum Gasteiger partial charge on any atom is 0.226 e. The molecule has 0 unspecified atom stereocenters. The molecule has 0 spiro atoms. The molecule has 1 atom stereocenters. The van der Waals surface area contributed by atoms with Gasteiger partial charge in [0.05, 0.1) is 6.20 Å². The van der Waals surface area contributed by atoms with Crippen molar-refractivity contribution in [2.75, 3.05) is 5.32 Å². The SMILES string of the molecule is C=Cn1cc([C@@H]2CC(=O)Nc3n[nH]c(C(C)(C)C)c32)cn1. The Morgan fingerprint density at radius 3 is 2.86 bits per heavy atom. The summed E-state index contributed by atoms with van der Waals surface area (Å²) in [5.41, 5.74) is 3.03. The van der Waals surface area contributed by atoms with Gasteiger partial charge in [-0.25, -0.2) is 4.68 Å². The maximum absolute atomic E-state index is 11.9. The number of nitrogens with zero attached hydrogens (tertiary/aromatic N) is 3. The molecule has 21 heavy (non-hydrogen) atoms. The predicted octanol–water partition coefficient (Wildman–Crippen LogP) is 2.48.